The Morgan fingerprint density at radius 2 is 2.18 bits per heavy atom. The maximum Gasteiger partial charge on any atom is 0.158 e. The molecule has 4 N–H and O–H groups in total. The quantitative estimate of drug-likeness (QED) is 0.647. The maximum absolute atomic E-state index is 9.00. The fraction of sp³-hybridized carbons (Fsp3) is 1.00. The van der Waals surface area contributed by atoms with Gasteiger partial charge in [0.15, 0.2) is 6.29 Å². The molecule has 100 valence electrons. The first-order valence-electron chi connectivity index (χ1n) is 6.56. The molecule has 5 heteroatoms. The smallest absolute Gasteiger partial charge is 0.158 e. The highest BCUT2D eigenvalue weighted by Gasteiger charge is 2.32. The van der Waals surface area contributed by atoms with E-state index in [4.69, 9.17) is 20.3 Å². The number of nitrogens with one attached hydrogen (secondary N) is 1. The van der Waals surface area contributed by atoms with E-state index in [1.807, 2.05) is 7.05 Å². The van der Waals surface area contributed by atoms with Crippen LogP contribution in [0.3, 0.4) is 0 Å². The topological polar surface area (TPSA) is 76.7 Å². The van der Waals surface area contributed by atoms with Crippen LogP contribution in [-0.2, 0) is 9.47 Å². The minimum absolute atomic E-state index is 0.0441. The molecule has 1 heterocycles. The number of rotatable bonds is 4. The molecule has 1 aliphatic carbocycles. The van der Waals surface area contributed by atoms with Gasteiger partial charge in [0.25, 0.3) is 0 Å². The molecule has 0 amide bonds. The number of aliphatic hydroxyl groups is 1. The molecule has 5 atom stereocenters. The van der Waals surface area contributed by atoms with Gasteiger partial charge in [0.2, 0.25) is 0 Å². The van der Waals surface area contributed by atoms with E-state index in [1.54, 1.807) is 0 Å². The highest BCUT2D eigenvalue weighted by molar-refractivity contribution is 4.85. The van der Waals surface area contributed by atoms with E-state index >= 15 is 0 Å². The van der Waals surface area contributed by atoms with Crippen molar-refractivity contribution in [2.24, 2.45) is 5.73 Å². The Bertz CT molecular complexity index is 240. The molecule has 1 aliphatic heterocycles. The standard InChI is InChI=1S/C12H24N2O3/c1-14-9-4-8(13)5-11(6-9)17-12-3-2-10(7-15)16-12/h8-12,14-15H,2-7,13H2,1H3. The van der Waals surface area contributed by atoms with Gasteiger partial charge in [-0.3, -0.25) is 0 Å². The lowest BCUT2D eigenvalue weighted by Gasteiger charge is -2.34. The number of ether oxygens (including phenoxy) is 2. The van der Waals surface area contributed by atoms with Gasteiger partial charge in [-0.05, 0) is 32.7 Å². The summed E-state index contributed by atoms with van der Waals surface area (Å²) in [4.78, 5) is 0. The van der Waals surface area contributed by atoms with Crippen LogP contribution >= 0.6 is 0 Å². The van der Waals surface area contributed by atoms with Gasteiger partial charge in [0, 0.05) is 18.5 Å². The first-order chi connectivity index (χ1) is 8.21. The molecule has 17 heavy (non-hydrogen) atoms. The van der Waals surface area contributed by atoms with Crippen LogP contribution in [0, 0.1) is 0 Å². The zero-order chi connectivity index (χ0) is 12.3. The Labute approximate surface area is 103 Å². The van der Waals surface area contributed by atoms with Crippen LogP contribution in [0.4, 0.5) is 0 Å². The lowest BCUT2D eigenvalue weighted by Crippen LogP contribution is -2.45. The number of hydrogen-bond donors (Lipinski definition) is 3. The summed E-state index contributed by atoms with van der Waals surface area (Å²) in [5, 5.41) is 12.3. The molecule has 2 aliphatic rings. The normalized spacial score (nSPS) is 42.9. The van der Waals surface area contributed by atoms with Gasteiger partial charge in [-0.25, -0.2) is 0 Å². The van der Waals surface area contributed by atoms with Crippen LogP contribution in [0.5, 0.6) is 0 Å². The highest BCUT2D eigenvalue weighted by atomic mass is 16.7. The van der Waals surface area contributed by atoms with E-state index in [1.165, 1.54) is 0 Å². The summed E-state index contributed by atoms with van der Waals surface area (Å²) in [5.74, 6) is 0. The average molecular weight is 244 g/mol. The molecule has 2 rings (SSSR count). The van der Waals surface area contributed by atoms with Crippen molar-refractivity contribution in [3.63, 3.8) is 0 Å². The summed E-state index contributed by atoms with van der Waals surface area (Å²) >= 11 is 0. The largest absolute Gasteiger partial charge is 0.394 e. The zero-order valence-corrected chi connectivity index (χ0v) is 10.5. The minimum atomic E-state index is -0.153. The molecule has 0 aromatic carbocycles. The van der Waals surface area contributed by atoms with E-state index in [-0.39, 0.29) is 31.1 Å². The second-order valence-corrected chi connectivity index (χ2v) is 5.16. The fourth-order valence-corrected chi connectivity index (χ4v) is 2.78. The van der Waals surface area contributed by atoms with Crippen LogP contribution < -0.4 is 11.1 Å². The van der Waals surface area contributed by atoms with Crippen LogP contribution in [0.2, 0.25) is 0 Å². The van der Waals surface area contributed by atoms with E-state index in [9.17, 15) is 0 Å². The molecule has 0 bridgehead atoms. The first kappa shape index (κ1) is 13.2. The number of hydrogen-bond acceptors (Lipinski definition) is 5. The first-order valence-corrected chi connectivity index (χ1v) is 6.56. The van der Waals surface area contributed by atoms with Gasteiger partial charge in [-0.2, -0.15) is 0 Å². The predicted molar refractivity (Wildman–Crippen MR) is 64.5 cm³/mol. The third-order valence-corrected chi connectivity index (χ3v) is 3.73. The zero-order valence-electron chi connectivity index (χ0n) is 10.5. The lowest BCUT2D eigenvalue weighted by atomic mass is 9.89. The number of aliphatic hydroxyl groups excluding tert-OH is 1. The molecule has 5 unspecified atom stereocenters. The summed E-state index contributed by atoms with van der Waals surface area (Å²) in [5.41, 5.74) is 6.02. The molecule has 2 fully saturated rings. The Hall–Kier alpha value is -0.200. The Morgan fingerprint density at radius 3 is 2.82 bits per heavy atom. The molecule has 0 radical (unpaired) electrons. The molecule has 0 spiro atoms. The fourth-order valence-electron chi connectivity index (χ4n) is 2.78. The van der Waals surface area contributed by atoms with E-state index < -0.39 is 0 Å². The van der Waals surface area contributed by atoms with Crippen molar-refractivity contribution in [2.45, 2.75) is 62.7 Å². The summed E-state index contributed by atoms with van der Waals surface area (Å²) in [6, 6.07) is 0.653. The van der Waals surface area contributed by atoms with Crippen molar-refractivity contribution in [1.29, 1.82) is 0 Å². The molecule has 1 saturated heterocycles. The second kappa shape index (κ2) is 6.11. The van der Waals surface area contributed by atoms with Gasteiger partial charge < -0.3 is 25.6 Å². The third-order valence-electron chi connectivity index (χ3n) is 3.73. The van der Waals surface area contributed by atoms with Crippen LogP contribution in [0.15, 0.2) is 0 Å². The van der Waals surface area contributed by atoms with Crippen molar-refractivity contribution >= 4 is 0 Å². The Morgan fingerprint density at radius 1 is 1.35 bits per heavy atom. The molecular formula is C12H24N2O3. The lowest BCUT2D eigenvalue weighted by molar-refractivity contribution is -0.175. The molecule has 0 aromatic heterocycles. The Kier molecular flexibility index (Phi) is 4.76. The molecule has 5 nitrogen and oxygen atoms in total. The van der Waals surface area contributed by atoms with Gasteiger partial charge >= 0.3 is 0 Å². The van der Waals surface area contributed by atoms with Crippen LogP contribution in [0.25, 0.3) is 0 Å². The van der Waals surface area contributed by atoms with Crippen molar-refractivity contribution in [3.8, 4) is 0 Å². The van der Waals surface area contributed by atoms with Crippen molar-refractivity contribution in [1.82, 2.24) is 5.32 Å². The third kappa shape index (κ3) is 3.63. The van der Waals surface area contributed by atoms with Gasteiger partial charge in [0.05, 0.1) is 18.8 Å². The summed E-state index contributed by atoms with van der Waals surface area (Å²) in [6.45, 7) is 0.0865. The Balaban J connectivity index is 1.78. The molecule has 1 saturated carbocycles. The summed E-state index contributed by atoms with van der Waals surface area (Å²) in [6.07, 6.45) is 4.66. The van der Waals surface area contributed by atoms with Crippen LogP contribution in [0.1, 0.15) is 32.1 Å². The molecule has 0 aromatic rings. The van der Waals surface area contributed by atoms with Crippen molar-refractivity contribution in [3.05, 3.63) is 0 Å². The summed E-state index contributed by atoms with van der Waals surface area (Å²) in [7, 11) is 1.97. The van der Waals surface area contributed by atoms with Gasteiger partial charge in [0.1, 0.15) is 0 Å². The molecular weight excluding hydrogens is 220 g/mol. The van der Waals surface area contributed by atoms with Gasteiger partial charge in [-0.15, -0.1) is 0 Å². The summed E-state index contributed by atoms with van der Waals surface area (Å²) < 4.78 is 11.5. The van der Waals surface area contributed by atoms with Gasteiger partial charge in [-0.1, -0.05) is 0 Å². The second-order valence-electron chi connectivity index (χ2n) is 5.16. The van der Waals surface area contributed by atoms with E-state index in [2.05, 4.69) is 5.32 Å². The van der Waals surface area contributed by atoms with Crippen molar-refractivity contribution in [2.75, 3.05) is 13.7 Å². The average Bonchev–Trinajstić information content (AvgIpc) is 2.76. The van der Waals surface area contributed by atoms with Crippen molar-refractivity contribution < 1.29 is 14.6 Å². The van der Waals surface area contributed by atoms with Crippen LogP contribution in [-0.4, -0.2) is 49.3 Å². The minimum Gasteiger partial charge on any atom is -0.394 e. The SMILES string of the molecule is CNC1CC(N)CC(OC2CCC(CO)O2)C1. The monoisotopic (exact) mass is 244 g/mol. The predicted octanol–water partition coefficient (Wildman–Crippen LogP) is -0.0318. The van der Waals surface area contributed by atoms with E-state index in [0.717, 1.165) is 32.1 Å². The van der Waals surface area contributed by atoms with E-state index in [0.29, 0.717) is 6.04 Å². The highest BCUT2D eigenvalue weighted by Crippen LogP contribution is 2.27. The maximum atomic E-state index is 9.00. The number of nitrogens with two attached hydrogens (primary N) is 1.